The summed E-state index contributed by atoms with van der Waals surface area (Å²) in [6, 6.07) is 16.8. The summed E-state index contributed by atoms with van der Waals surface area (Å²) in [4.78, 5) is 36.3. The van der Waals surface area contributed by atoms with Crippen molar-refractivity contribution < 1.29 is 28.6 Å². The lowest BCUT2D eigenvalue weighted by Crippen LogP contribution is -2.43. The highest BCUT2D eigenvalue weighted by atomic mass is 16.6. The third-order valence-corrected chi connectivity index (χ3v) is 3.70. The molecular formula is C22H21NO6. The van der Waals surface area contributed by atoms with Crippen LogP contribution in [-0.2, 0) is 37.0 Å². The fourth-order valence-corrected chi connectivity index (χ4v) is 2.28. The van der Waals surface area contributed by atoms with Crippen LogP contribution in [0.1, 0.15) is 17.5 Å². The molecule has 0 aliphatic heterocycles. The van der Waals surface area contributed by atoms with Gasteiger partial charge in [-0.2, -0.15) is 0 Å². The summed E-state index contributed by atoms with van der Waals surface area (Å²) in [5, 5.41) is 2.32. The van der Waals surface area contributed by atoms with Crippen LogP contribution in [-0.4, -0.2) is 30.7 Å². The van der Waals surface area contributed by atoms with E-state index >= 15 is 0 Å². The zero-order valence-electron chi connectivity index (χ0n) is 15.7. The monoisotopic (exact) mass is 395 g/mol. The minimum atomic E-state index is -1.28. The van der Waals surface area contributed by atoms with E-state index in [-0.39, 0.29) is 19.8 Å². The number of benzene rings is 2. The molecular weight excluding hydrogens is 374 g/mol. The second kappa shape index (κ2) is 11.8. The lowest BCUT2D eigenvalue weighted by Gasteiger charge is -2.16. The zero-order chi connectivity index (χ0) is 20.9. The van der Waals surface area contributed by atoms with Crippen LogP contribution in [0.4, 0.5) is 4.79 Å². The molecule has 0 aliphatic rings. The van der Waals surface area contributed by atoms with Crippen LogP contribution in [0.5, 0.6) is 0 Å². The van der Waals surface area contributed by atoms with Gasteiger partial charge in [0.15, 0.2) is 6.61 Å². The Hall–Kier alpha value is -3.79. The first-order valence-electron chi connectivity index (χ1n) is 8.85. The molecule has 1 atom stereocenters. The molecule has 7 nitrogen and oxygen atoms in total. The summed E-state index contributed by atoms with van der Waals surface area (Å²) in [5.74, 6) is 0.619. The normalized spacial score (nSPS) is 10.9. The molecule has 0 bridgehead atoms. The van der Waals surface area contributed by atoms with Gasteiger partial charge in [-0.05, 0) is 11.1 Å². The second-order valence-electron chi connectivity index (χ2n) is 5.92. The predicted molar refractivity (Wildman–Crippen MR) is 104 cm³/mol. The van der Waals surface area contributed by atoms with Gasteiger partial charge >= 0.3 is 18.0 Å². The zero-order valence-corrected chi connectivity index (χ0v) is 15.7. The van der Waals surface area contributed by atoms with Gasteiger partial charge < -0.3 is 19.5 Å². The number of ether oxygens (including phenoxy) is 3. The van der Waals surface area contributed by atoms with E-state index in [4.69, 9.17) is 20.6 Å². The van der Waals surface area contributed by atoms with E-state index < -0.39 is 30.5 Å². The maximum Gasteiger partial charge on any atom is 0.408 e. The summed E-state index contributed by atoms with van der Waals surface area (Å²) in [7, 11) is 0. The van der Waals surface area contributed by atoms with Crippen molar-refractivity contribution in [1.82, 2.24) is 5.32 Å². The number of hydrogen-bond donors (Lipinski definition) is 1. The summed E-state index contributed by atoms with van der Waals surface area (Å²) >= 11 is 0. The summed E-state index contributed by atoms with van der Waals surface area (Å²) < 4.78 is 15.0. The first-order chi connectivity index (χ1) is 14.1. The summed E-state index contributed by atoms with van der Waals surface area (Å²) in [6.45, 7) is -0.226. The maximum absolute atomic E-state index is 12.1. The van der Waals surface area contributed by atoms with Crippen LogP contribution < -0.4 is 5.32 Å². The number of carbonyl (C=O) groups excluding carboxylic acids is 3. The molecule has 2 rings (SSSR count). The lowest BCUT2D eigenvalue weighted by atomic mass is 10.2. The third kappa shape index (κ3) is 8.18. The first kappa shape index (κ1) is 21.5. The number of amides is 1. The van der Waals surface area contributed by atoms with Crippen molar-refractivity contribution in [2.45, 2.75) is 25.7 Å². The Labute approximate surface area is 169 Å². The molecule has 0 heterocycles. The van der Waals surface area contributed by atoms with Crippen LogP contribution in [0.15, 0.2) is 60.7 Å². The van der Waals surface area contributed by atoms with Crippen LogP contribution in [0, 0.1) is 12.3 Å². The molecule has 1 amide bonds. The highest BCUT2D eigenvalue weighted by Crippen LogP contribution is 2.06. The van der Waals surface area contributed by atoms with Crippen molar-refractivity contribution in [3.63, 3.8) is 0 Å². The molecule has 0 radical (unpaired) electrons. The van der Waals surface area contributed by atoms with E-state index in [0.717, 1.165) is 11.1 Å². The largest absolute Gasteiger partial charge is 0.461 e. The van der Waals surface area contributed by atoms with Crippen molar-refractivity contribution in [3.05, 3.63) is 71.8 Å². The molecule has 29 heavy (non-hydrogen) atoms. The number of hydrogen-bond acceptors (Lipinski definition) is 6. The van der Waals surface area contributed by atoms with Crippen LogP contribution in [0.25, 0.3) is 0 Å². The van der Waals surface area contributed by atoms with E-state index in [1.54, 1.807) is 36.4 Å². The molecule has 150 valence electrons. The van der Waals surface area contributed by atoms with E-state index in [1.807, 2.05) is 24.3 Å². The van der Waals surface area contributed by atoms with Crippen molar-refractivity contribution in [2.24, 2.45) is 0 Å². The number of alkyl carbamates (subject to hydrolysis) is 1. The Morgan fingerprint density at radius 3 is 1.97 bits per heavy atom. The van der Waals surface area contributed by atoms with Crippen molar-refractivity contribution in [2.75, 3.05) is 6.61 Å². The average molecular weight is 395 g/mol. The number of rotatable bonds is 9. The lowest BCUT2D eigenvalue weighted by molar-refractivity contribution is -0.152. The van der Waals surface area contributed by atoms with Gasteiger partial charge in [-0.3, -0.25) is 4.79 Å². The minimum Gasteiger partial charge on any atom is -0.461 e. The Morgan fingerprint density at radius 2 is 1.41 bits per heavy atom. The van der Waals surface area contributed by atoms with Crippen molar-refractivity contribution in [1.29, 1.82) is 0 Å². The molecule has 0 aliphatic carbocycles. The predicted octanol–water partition coefficient (Wildman–Crippen LogP) is 2.59. The first-order valence-corrected chi connectivity index (χ1v) is 8.85. The van der Waals surface area contributed by atoms with Crippen molar-refractivity contribution in [3.8, 4) is 12.3 Å². The standard InChI is InChI=1S/C22H21NO6/c1-2-13-27-21(25)19(14-20(24)28-15-17-9-5-3-6-10-17)23-22(26)29-16-18-11-7-4-8-12-18/h1,3-12,19H,13-16H2,(H,23,26)/t19-/m1/s1. The molecule has 2 aromatic carbocycles. The highest BCUT2D eigenvalue weighted by Gasteiger charge is 2.26. The fraction of sp³-hybridized carbons (Fsp3) is 0.227. The number of nitrogens with one attached hydrogen (secondary N) is 1. The molecule has 0 aromatic heterocycles. The third-order valence-electron chi connectivity index (χ3n) is 3.70. The molecule has 0 spiro atoms. The molecule has 0 saturated heterocycles. The summed E-state index contributed by atoms with van der Waals surface area (Å²) in [6.07, 6.45) is 3.78. The Balaban J connectivity index is 1.89. The van der Waals surface area contributed by atoms with Crippen LogP contribution in [0.3, 0.4) is 0 Å². The second-order valence-corrected chi connectivity index (χ2v) is 5.92. The number of carbonyl (C=O) groups is 3. The molecule has 0 fully saturated rings. The van der Waals surface area contributed by atoms with Crippen molar-refractivity contribution >= 4 is 18.0 Å². The van der Waals surface area contributed by atoms with Gasteiger partial charge in [0.05, 0.1) is 6.42 Å². The molecule has 2 aromatic rings. The Morgan fingerprint density at radius 1 is 0.862 bits per heavy atom. The van der Waals surface area contributed by atoms with Gasteiger partial charge in [-0.15, -0.1) is 6.42 Å². The maximum atomic E-state index is 12.1. The topological polar surface area (TPSA) is 90.9 Å². The summed E-state index contributed by atoms with van der Waals surface area (Å²) in [5.41, 5.74) is 1.57. The van der Waals surface area contributed by atoms with E-state index in [1.165, 1.54) is 0 Å². The number of terminal acetylenes is 1. The van der Waals surface area contributed by atoms with E-state index in [9.17, 15) is 14.4 Å². The van der Waals surface area contributed by atoms with Gasteiger partial charge in [-0.25, -0.2) is 9.59 Å². The van der Waals surface area contributed by atoms with E-state index in [0.29, 0.717) is 0 Å². The molecule has 0 unspecified atom stereocenters. The number of esters is 2. The van der Waals surface area contributed by atoms with Gasteiger partial charge in [0.25, 0.3) is 0 Å². The average Bonchev–Trinajstić information content (AvgIpc) is 2.75. The highest BCUT2D eigenvalue weighted by molar-refractivity contribution is 5.86. The quantitative estimate of drug-likeness (QED) is 0.399. The Kier molecular flexibility index (Phi) is 8.77. The van der Waals surface area contributed by atoms with E-state index in [2.05, 4.69) is 11.2 Å². The van der Waals surface area contributed by atoms with Crippen LogP contribution in [0.2, 0.25) is 0 Å². The minimum absolute atomic E-state index is 0.0112. The smallest absolute Gasteiger partial charge is 0.408 e. The van der Waals surface area contributed by atoms with Gasteiger partial charge in [0.2, 0.25) is 0 Å². The molecule has 1 N–H and O–H groups in total. The fourth-order valence-electron chi connectivity index (χ4n) is 2.28. The SMILES string of the molecule is C#CCOC(=O)[C@@H](CC(=O)OCc1ccccc1)NC(=O)OCc1ccccc1. The van der Waals surface area contributed by atoms with Crippen LogP contribution >= 0.6 is 0 Å². The molecule has 7 heteroatoms. The Bertz CT molecular complexity index is 787. The molecule has 0 saturated carbocycles. The van der Waals surface area contributed by atoms with Gasteiger partial charge in [0, 0.05) is 0 Å². The van der Waals surface area contributed by atoms with Gasteiger partial charge in [0.1, 0.15) is 19.3 Å². The van der Waals surface area contributed by atoms with Gasteiger partial charge in [-0.1, -0.05) is 66.6 Å².